The number of phenolic OH excluding ortho intramolecular Hbond substituents is 1. The molecule has 1 heterocycles. The van der Waals surface area contributed by atoms with Crippen LogP contribution in [0.4, 0.5) is 10.1 Å². The lowest BCUT2D eigenvalue weighted by Gasteiger charge is -2.37. The average Bonchev–Trinajstić information content (AvgIpc) is 2.87. The molecule has 1 aliphatic rings. The van der Waals surface area contributed by atoms with Gasteiger partial charge in [0.1, 0.15) is 17.7 Å². The number of carboxylic acids is 1. The lowest BCUT2D eigenvalue weighted by Crippen LogP contribution is -2.26. The summed E-state index contributed by atoms with van der Waals surface area (Å²) in [6.45, 7) is 1.33. The number of β-amino-alcohol motifs (C(OH)–C–C–N with tert-alkyl or cyclic N) is 1. The van der Waals surface area contributed by atoms with Crippen LogP contribution in [0, 0.1) is 11.7 Å². The van der Waals surface area contributed by atoms with Crippen LogP contribution in [-0.4, -0.2) is 43.2 Å². The van der Waals surface area contributed by atoms with E-state index in [0.717, 1.165) is 9.87 Å². The predicted molar refractivity (Wildman–Crippen MR) is 105 cm³/mol. The van der Waals surface area contributed by atoms with E-state index in [2.05, 4.69) is 4.72 Å². The van der Waals surface area contributed by atoms with Crippen LogP contribution in [0.15, 0.2) is 24.3 Å². The van der Waals surface area contributed by atoms with Gasteiger partial charge in [0.2, 0.25) is 0 Å². The fourth-order valence-electron chi connectivity index (χ4n) is 3.27. The maximum atomic E-state index is 15.2. The molecule has 0 aromatic heterocycles. The van der Waals surface area contributed by atoms with Gasteiger partial charge in [0.25, 0.3) is 0 Å². The van der Waals surface area contributed by atoms with E-state index in [1.807, 2.05) is 0 Å². The molecule has 0 bridgehead atoms. The lowest BCUT2D eigenvalue weighted by atomic mass is 9.98. The van der Waals surface area contributed by atoms with Crippen molar-refractivity contribution < 1.29 is 33.6 Å². The van der Waals surface area contributed by atoms with E-state index in [-0.39, 0.29) is 11.9 Å². The summed E-state index contributed by atoms with van der Waals surface area (Å²) in [6.07, 6.45) is 0.396. The van der Waals surface area contributed by atoms with Crippen molar-refractivity contribution in [2.75, 3.05) is 10.8 Å². The zero-order valence-electron chi connectivity index (χ0n) is 15.2. The minimum atomic E-state index is -3.67. The van der Waals surface area contributed by atoms with Gasteiger partial charge in [-0.1, -0.05) is 30.0 Å². The summed E-state index contributed by atoms with van der Waals surface area (Å²) in [7, 11) is -3.67. The average molecular weight is 414 g/mol. The van der Waals surface area contributed by atoms with Gasteiger partial charge >= 0.3 is 5.97 Å². The number of fused-ring (bicyclic) bond motifs is 1. The van der Waals surface area contributed by atoms with Crippen LogP contribution < -0.4 is 9.03 Å². The first-order valence-electron chi connectivity index (χ1n) is 8.78. The van der Waals surface area contributed by atoms with Crippen molar-refractivity contribution in [2.24, 2.45) is 5.92 Å². The van der Waals surface area contributed by atoms with E-state index in [1.54, 1.807) is 25.1 Å². The van der Waals surface area contributed by atoms with E-state index >= 15 is 4.39 Å². The zero-order chi connectivity index (χ0) is 20.6. The van der Waals surface area contributed by atoms with Crippen molar-refractivity contribution >= 4 is 33.4 Å². The molecule has 6 N–H and O–H groups in total. The minimum absolute atomic E-state index is 0.188. The number of benzene rings is 2. The number of hydrogen-bond donors (Lipinski definition) is 6. The van der Waals surface area contributed by atoms with Crippen LogP contribution in [0.5, 0.6) is 5.75 Å². The molecule has 28 heavy (non-hydrogen) atoms. The van der Waals surface area contributed by atoms with Crippen LogP contribution in [-0.2, 0) is 11.2 Å². The number of carboxylic acid groups (broad SMARTS) is 1. The molecule has 154 valence electrons. The Morgan fingerprint density at radius 3 is 2.71 bits per heavy atom. The highest BCUT2D eigenvalue weighted by molar-refractivity contribution is 8.24. The van der Waals surface area contributed by atoms with Crippen LogP contribution in [0.1, 0.15) is 25.3 Å². The fraction of sp³-hybridized carbons (Fsp3) is 0.389. The van der Waals surface area contributed by atoms with Gasteiger partial charge in [0.15, 0.2) is 5.82 Å². The van der Waals surface area contributed by atoms with E-state index < -0.39 is 46.3 Å². The van der Waals surface area contributed by atoms with Crippen LogP contribution in [0.25, 0.3) is 10.8 Å². The Morgan fingerprint density at radius 2 is 2.11 bits per heavy atom. The second kappa shape index (κ2) is 7.72. The van der Waals surface area contributed by atoms with Crippen molar-refractivity contribution in [2.45, 2.75) is 32.4 Å². The molecule has 2 atom stereocenters. The number of nitrogens with zero attached hydrogens (tertiary/aromatic N) is 1. The Bertz CT molecular complexity index is 909. The Hall–Kier alpha value is -2.11. The van der Waals surface area contributed by atoms with Crippen molar-refractivity contribution in [3.63, 3.8) is 0 Å². The number of phenols is 1. The molecule has 0 saturated carbocycles. The van der Waals surface area contributed by atoms with Gasteiger partial charge in [-0.25, -0.2) is 8.70 Å². The van der Waals surface area contributed by atoms with Crippen molar-refractivity contribution in [1.82, 2.24) is 4.72 Å². The number of aliphatic hydroxyl groups excluding tert-OH is 1. The lowest BCUT2D eigenvalue weighted by molar-refractivity contribution is -0.141. The van der Waals surface area contributed by atoms with Gasteiger partial charge in [-0.2, -0.15) is 4.72 Å². The largest absolute Gasteiger partial charge is 0.506 e. The maximum Gasteiger partial charge on any atom is 0.306 e. The number of carbonyl (C=O) groups is 1. The first kappa shape index (κ1) is 20.6. The number of anilines is 1. The summed E-state index contributed by atoms with van der Waals surface area (Å²) in [5.74, 6) is -2.61. The quantitative estimate of drug-likeness (QED) is 0.425. The molecule has 2 aromatic carbocycles. The standard InChI is InChI=1S/C18H23FN2O6S/c1-10(18(24)25)3-2-4-11-5-6-12-8-14(22)17(16(19)13(12)7-11)21-9-15(23)20-28(21,26)27/h5-8,10,15,20,22-23,26-27H,2-4,9H2,1H3,(H,24,25)/t10-,15?/m0/s1. The third kappa shape index (κ3) is 4.01. The number of hydrogen-bond acceptors (Lipinski definition) is 7. The summed E-state index contributed by atoms with van der Waals surface area (Å²) in [5, 5.41) is 29.4. The van der Waals surface area contributed by atoms with Crippen LogP contribution in [0.2, 0.25) is 0 Å². The molecule has 0 aliphatic carbocycles. The van der Waals surface area contributed by atoms with Gasteiger partial charge in [-0.05, 0) is 42.3 Å². The van der Waals surface area contributed by atoms with E-state index in [1.165, 1.54) is 6.07 Å². The molecule has 1 aliphatic heterocycles. The van der Waals surface area contributed by atoms with E-state index in [4.69, 9.17) is 5.11 Å². The number of aliphatic hydroxyl groups is 1. The molecule has 1 fully saturated rings. The number of aliphatic carboxylic acids is 1. The first-order chi connectivity index (χ1) is 13.1. The number of aromatic hydroxyl groups is 1. The molecule has 8 nitrogen and oxygen atoms in total. The van der Waals surface area contributed by atoms with Crippen molar-refractivity contribution in [1.29, 1.82) is 0 Å². The van der Waals surface area contributed by atoms with Gasteiger partial charge in [-0.3, -0.25) is 13.9 Å². The molecule has 1 unspecified atom stereocenters. The third-order valence-corrected chi connectivity index (χ3v) is 6.35. The SMILES string of the molecule is C[C@@H](CCCc1ccc2cc(O)c(N3CC(O)NS3(O)O)c(F)c2c1)C(=O)O. The summed E-state index contributed by atoms with van der Waals surface area (Å²) in [6, 6.07) is 6.35. The van der Waals surface area contributed by atoms with Gasteiger partial charge in [0, 0.05) is 5.39 Å². The van der Waals surface area contributed by atoms with Crippen LogP contribution in [0.3, 0.4) is 0 Å². The third-order valence-electron chi connectivity index (χ3n) is 4.81. The zero-order valence-corrected chi connectivity index (χ0v) is 16.0. The summed E-state index contributed by atoms with van der Waals surface area (Å²) >= 11 is 0. The Balaban J connectivity index is 1.92. The molecular weight excluding hydrogens is 391 g/mol. The number of aryl methyl sites for hydroxylation is 1. The monoisotopic (exact) mass is 414 g/mol. The Morgan fingerprint density at radius 1 is 1.39 bits per heavy atom. The van der Waals surface area contributed by atoms with Crippen molar-refractivity contribution in [3.8, 4) is 5.75 Å². The number of rotatable bonds is 6. The van der Waals surface area contributed by atoms with E-state index in [0.29, 0.717) is 24.6 Å². The van der Waals surface area contributed by atoms with E-state index in [9.17, 15) is 24.1 Å². The van der Waals surface area contributed by atoms with Gasteiger partial charge in [0.05, 0.1) is 12.5 Å². The number of nitrogens with one attached hydrogen (secondary N) is 1. The van der Waals surface area contributed by atoms with Gasteiger partial charge < -0.3 is 15.3 Å². The van der Waals surface area contributed by atoms with Crippen LogP contribution >= 0.6 is 11.0 Å². The first-order valence-corrected chi connectivity index (χ1v) is 10.3. The molecule has 10 heteroatoms. The summed E-state index contributed by atoms with van der Waals surface area (Å²) in [5.41, 5.74) is 0.403. The summed E-state index contributed by atoms with van der Waals surface area (Å²) in [4.78, 5) is 10.9. The second-order valence-electron chi connectivity index (χ2n) is 6.96. The van der Waals surface area contributed by atoms with Gasteiger partial charge in [-0.15, -0.1) is 0 Å². The molecule has 0 spiro atoms. The minimum Gasteiger partial charge on any atom is -0.506 e. The fourth-order valence-corrected chi connectivity index (χ4v) is 4.61. The Kier molecular flexibility index (Phi) is 5.69. The summed E-state index contributed by atoms with van der Waals surface area (Å²) < 4.78 is 38.2. The Labute approximate surface area is 162 Å². The molecule has 2 aromatic rings. The smallest absolute Gasteiger partial charge is 0.306 e. The molecule has 3 rings (SSSR count). The molecule has 0 radical (unpaired) electrons. The highest BCUT2D eigenvalue weighted by Gasteiger charge is 2.38. The highest BCUT2D eigenvalue weighted by atomic mass is 32.3. The normalized spacial score (nSPS) is 21.0. The maximum absolute atomic E-state index is 15.2. The molecule has 1 saturated heterocycles. The van der Waals surface area contributed by atoms with Crippen molar-refractivity contribution in [3.05, 3.63) is 35.6 Å². The predicted octanol–water partition coefficient (Wildman–Crippen LogP) is 3.04. The molecular formula is C18H23FN2O6S. The highest BCUT2D eigenvalue weighted by Crippen LogP contribution is 2.51. The topological polar surface area (TPSA) is 133 Å². The number of halogens is 1. The molecule has 0 amide bonds. The second-order valence-corrected chi connectivity index (χ2v) is 8.67.